The van der Waals surface area contributed by atoms with Crippen molar-refractivity contribution in [3.8, 4) is 34.6 Å². The van der Waals surface area contributed by atoms with Crippen LogP contribution in [-0.4, -0.2) is 113 Å². The lowest BCUT2D eigenvalue weighted by Crippen LogP contribution is -2.65. The number of hydrogen-bond acceptors (Lipinski definition) is 12. The first-order valence-corrected chi connectivity index (χ1v) is 24.0. The van der Waals surface area contributed by atoms with Gasteiger partial charge in [0.1, 0.15) is 58.4 Å². The van der Waals surface area contributed by atoms with Crippen LogP contribution in [0.25, 0.3) is 22.2 Å². The van der Waals surface area contributed by atoms with Crippen LogP contribution in [0.3, 0.4) is 0 Å². The SMILES string of the molecule is COc1ccc(CN(Cc2ccc(OC)cc2)c2cc(C)c(C(F)(F)F)c(-c3nc4c5c(nc(OC[C@@]67CCCN6C[C@H](F)C7)nc5c3F)N3C[C@H]5CC[C@@H]([C@H]3[C@H](C)O4)N5C(=O)OC(C)(C)C)c2F)cc1. The van der Waals surface area contributed by atoms with Gasteiger partial charge in [0.15, 0.2) is 11.6 Å². The Morgan fingerprint density at radius 1 is 0.915 bits per heavy atom. The smallest absolute Gasteiger partial charge is 0.417 e. The van der Waals surface area contributed by atoms with Gasteiger partial charge in [0.2, 0.25) is 5.88 Å². The van der Waals surface area contributed by atoms with Crippen molar-refractivity contribution < 1.29 is 54.8 Å². The van der Waals surface area contributed by atoms with Crippen LogP contribution in [0.4, 0.5) is 42.6 Å². The van der Waals surface area contributed by atoms with Crippen LogP contribution in [0.1, 0.15) is 82.1 Å². The molecule has 10 rings (SSSR count). The number of benzene rings is 3. The molecule has 2 aromatic heterocycles. The van der Waals surface area contributed by atoms with E-state index in [0.717, 1.165) is 12.5 Å². The Morgan fingerprint density at radius 3 is 2.20 bits per heavy atom. The molecule has 5 aliphatic rings. The summed E-state index contributed by atoms with van der Waals surface area (Å²) in [5.41, 5.74) is -4.76. The van der Waals surface area contributed by atoms with Crippen molar-refractivity contribution >= 4 is 28.5 Å². The van der Waals surface area contributed by atoms with E-state index in [9.17, 15) is 9.18 Å². The van der Waals surface area contributed by atoms with Gasteiger partial charge in [0.25, 0.3) is 0 Å². The van der Waals surface area contributed by atoms with Gasteiger partial charge in [0, 0.05) is 32.6 Å². The molecule has 5 aliphatic heterocycles. The number of halogens is 6. The normalized spacial score (nSPS) is 23.8. The third-order valence-electron chi connectivity index (χ3n) is 14.7. The maximum atomic E-state index is 18.1. The van der Waals surface area contributed by atoms with E-state index in [0.29, 0.717) is 48.4 Å². The molecule has 4 fully saturated rings. The number of hydrogen-bond donors (Lipinski definition) is 0. The third-order valence-corrected chi connectivity index (χ3v) is 14.7. The average Bonchev–Trinajstić information content (AvgIpc) is 3.93. The van der Waals surface area contributed by atoms with Crippen LogP contribution in [0.2, 0.25) is 0 Å². The third kappa shape index (κ3) is 8.85. The zero-order valence-corrected chi connectivity index (χ0v) is 40.7. The highest BCUT2D eigenvalue weighted by Crippen LogP contribution is 2.50. The van der Waals surface area contributed by atoms with Crippen molar-refractivity contribution in [2.24, 2.45) is 0 Å². The van der Waals surface area contributed by atoms with Crippen LogP contribution < -0.4 is 28.7 Å². The minimum Gasteiger partial charge on any atom is -0.497 e. The standard InChI is InChI=1S/C52H57F6N7O6/c1-28-21-37(62(23-30-9-14-34(67-6)15-10-30)24-31-11-16-35(68-7)17-12-31)41(54)38(40(28)52(56,57)58)43-42(55)44-39-46(61-48(60-44)69-27-51-19-8-20-63(51)25-32(53)22-51)64-26-33-13-18-36(45(64)29(2)70-47(39)59-43)65(33)49(66)71-50(3,4)5/h9-12,14-17,21,29,32-33,36,45H,8,13,18-20,22-27H2,1-7H3/t29-,32+,33+,36-,45+,51-/m0/s1. The molecule has 0 N–H and O–H groups in total. The van der Waals surface area contributed by atoms with Crippen molar-refractivity contribution in [3.05, 3.63) is 88.5 Å². The molecule has 0 saturated carbocycles. The van der Waals surface area contributed by atoms with Gasteiger partial charge < -0.3 is 33.5 Å². The Kier molecular flexibility index (Phi) is 12.3. The molecular weight excluding hydrogens is 933 g/mol. The number of methoxy groups -OCH3 is 2. The zero-order valence-electron chi connectivity index (χ0n) is 40.7. The summed E-state index contributed by atoms with van der Waals surface area (Å²) in [5.74, 6) is -1.78. The van der Waals surface area contributed by atoms with E-state index in [1.54, 1.807) is 86.0 Å². The van der Waals surface area contributed by atoms with Crippen molar-refractivity contribution in [1.29, 1.82) is 0 Å². The fourth-order valence-corrected chi connectivity index (χ4v) is 11.6. The number of pyridine rings is 1. The molecule has 0 radical (unpaired) electrons. The summed E-state index contributed by atoms with van der Waals surface area (Å²) in [4.78, 5) is 35.0. The maximum absolute atomic E-state index is 18.1. The van der Waals surface area contributed by atoms with Gasteiger partial charge in [-0.05, 0) is 114 Å². The number of aryl methyl sites for hydroxylation is 1. The van der Waals surface area contributed by atoms with E-state index >= 15 is 22.0 Å². The first kappa shape index (κ1) is 48.4. The topological polar surface area (TPSA) is 115 Å². The Balaban J connectivity index is 1.15. The number of anilines is 2. The van der Waals surface area contributed by atoms with Crippen LogP contribution in [0, 0.1) is 18.6 Å². The van der Waals surface area contributed by atoms with Crippen LogP contribution in [0.15, 0.2) is 54.6 Å². The van der Waals surface area contributed by atoms with Gasteiger partial charge in [-0.3, -0.25) is 9.80 Å². The fraction of sp³-hybridized carbons (Fsp3) is 0.500. The highest BCUT2D eigenvalue weighted by atomic mass is 19.4. The second-order valence-electron chi connectivity index (χ2n) is 20.5. The number of nitrogens with zero attached hydrogens (tertiary/aromatic N) is 7. The first-order chi connectivity index (χ1) is 33.8. The van der Waals surface area contributed by atoms with Gasteiger partial charge in [-0.15, -0.1) is 0 Å². The van der Waals surface area contributed by atoms with E-state index < -0.39 is 81.7 Å². The molecule has 71 heavy (non-hydrogen) atoms. The van der Waals surface area contributed by atoms with E-state index in [-0.39, 0.29) is 79.6 Å². The molecule has 3 aromatic carbocycles. The molecule has 6 atom stereocenters. The van der Waals surface area contributed by atoms with Crippen LogP contribution >= 0.6 is 0 Å². The van der Waals surface area contributed by atoms with E-state index in [1.165, 1.54) is 21.1 Å². The van der Waals surface area contributed by atoms with Gasteiger partial charge in [-0.25, -0.2) is 22.9 Å². The molecule has 1 amide bonds. The van der Waals surface area contributed by atoms with Gasteiger partial charge in [-0.1, -0.05) is 24.3 Å². The van der Waals surface area contributed by atoms with E-state index in [4.69, 9.17) is 28.7 Å². The molecular formula is C52H57F6N7O6. The lowest BCUT2D eigenvalue weighted by atomic mass is 9.95. The largest absolute Gasteiger partial charge is 0.497 e. The van der Waals surface area contributed by atoms with Crippen LogP contribution in [0.5, 0.6) is 23.4 Å². The summed E-state index contributed by atoms with van der Waals surface area (Å²) < 4.78 is 127. The Hall–Kier alpha value is -6.24. The number of alkyl halides is 4. The fourth-order valence-electron chi connectivity index (χ4n) is 11.6. The summed E-state index contributed by atoms with van der Waals surface area (Å²) in [6, 6.07) is 13.3. The molecule has 19 heteroatoms. The van der Waals surface area contributed by atoms with Crippen LogP contribution in [-0.2, 0) is 24.0 Å². The van der Waals surface area contributed by atoms with Crippen molar-refractivity contribution in [2.45, 2.75) is 128 Å². The Bertz CT molecular complexity index is 2800. The second kappa shape index (κ2) is 18.1. The number of ether oxygens (including phenoxy) is 5. The molecule has 0 spiro atoms. The van der Waals surface area contributed by atoms with Gasteiger partial charge >= 0.3 is 18.3 Å². The highest BCUT2D eigenvalue weighted by molar-refractivity contribution is 5.98. The minimum absolute atomic E-state index is 0.0236. The number of piperazine rings is 1. The Morgan fingerprint density at radius 2 is 1.58 bits per heavy atom. The number of carbonyl (C=O) groups is 1. The Labute approximate surface area is 408 Å². The quantitative estimate of drug-likeness (QED) is 0.117. The maximum Gasteiger partial charge on any atom is 0.417 e. The average molecular weight is 990 g/mol. The predicted octanol–water partition coefficient (Wildman–Crippen LogP) is 10.2. The van der Waals surface area contributed by atoms with Crippen molar-refractivity contribution in [3.63, 3.8) is 0 Å². The van der Waals surface area contributed by atoms with Crippen molar-refractivity contribution in [2.75, 3.05) is 50.3 Å². The number of aromatic nitrogens is 3. The molecule has 4 saturated heterocycles. The summed E-state index contributed by atoms with van der Waals surface area (Å²) in [6.45, 7) is 9.40. The summed E-state index contributed by atoms with van der Waals surface area (Å²) >= 11 is 0. The molecule has 2 bridgehead atoms. The summed E-state index contributed by atoms with van der Waals surface area (Å²) in [5, 5.41) is -0.0501. The van der Waals surface area contributed by atoms with Gasteiger partial charge in [-0.2, -0.15) is 23.1 Å². The summed E-state index contributed by atoms with van der Waals surface area (Å²) in [7, 11) is 3.04. The lowest BCUT2D eigenvalue weighted by molar-refractivity contribution is -0.137. The summed E-state index contributed by atoms with van der Waals surface area (Å²) in [6.07, 6.45) is -4.78. The monoisotopic (exact) mass is 989 g/mol. The molecule has 13 nitrogen and oxygen atoms in total. The number of amides is 1. The highest BCUT2D eigenvalue weighted by Gasteiger charge is 2.55. The minimum atomic E-state index is -5.20. The molecule has 378 valence electrons. The molecule has 0 unspecified atom stereocenters. The zero-order chi connectivity index (χ0) is 50.3. The molecule has 5 aromatic rings. The lowest BCUT2D eigenvalue weighted by Gasteiger charge is -2.48. The number of carbonyl (C=O) groups excluding carboxylic acids is 1. The van der Waals surface area contributed by atoms with E-state index in [2.05, 4.69) is 9.97 Å². The first-order valence-electron chi connectivity index (χ1n) is 24.0. The molecule has 7 heterocycles. The van der Waals surface area contributed by atoms with E-state index in [1.807, 2.05) is 9.80 Å². The van der Waals surface area contributed by atoms with Crippen molar-refractivity contribution in [1.82, 2.24) is 24.8 Å². The number of fused-ring (bicyclic) bond motifs is 6. The van der Waals surface area contributed by atoms with Gasteiger partial charge in [0.05, 0.1) is 54.7 Å². The predicted molar refractivity (Wildman–Crippen MR) is 253 cm³/mol. The number of rotatable bonds is 11. The molecule has 0 aliphatic carbocycles. The second-order valence-corrected chi connectivity index (χ2v) is 20.5.